The molecule has 1 N–H and O–H groups in total. The van der Waals surface area contributed by atoms with Crippen LogP contribution in [0.2, 0.25) is 0 Å². The summed E-state index contributed by atoms with van der Waals surface area (Å²) < 4.78 is 0. The van der Waals surface area contributed by atoms with E-state index in [9.17, 15) is 0 Å². The average Bonchev–Trinajstić information content (AvgIpc) is 2.61. The van der Waals surface area contributed by atoms with Crippen molar-refractivity contribution in [3.8, 4) is 0 Å². The highest BCUT2D eigenvalue weighted by atomic mass is 15.3. The van der Waals surface area contributed by atoms with E-state index in [1.807, 2.05) is 0 Å². The lowest BCUT2D eigenvalue weighted by Crippen LogP contribution is -2.52. The third-order valence-corrected chi connectivity index (χ3v) is 6.08. The van der Waals surface area contributed by atoms with Crippen molar-refractivity contribution in [3.63, 3.8) is 0 Å². The molecule has 2 rings (SSSR count). The Balaban J connectivity index is 1.51. The molecule has 2 saturated heterocycles. The van der Waals surface area contributed by atoms with E-state index >= 15 is 0 Å². The molecule has 0 aromatic carbocycles. The van der Waals surface area contributed by atoms with Gasteiger partial charge in [0.25, 0.3) is 0 Å². The Morgan fingerprint density at radius 3 is 1.58 bits per heavy atom. The normalized spacial score (nSPS) is 23.2. The minimum Gasteiger partial charge on any atom is -0.313 e. The van der Waals surface area contributed by atoms with Crippen molar-refractivity contribution in [3.05, 3.63) is 0 Å². The molecule has 2 fully saturated rings. The van der Waals surface area contributed by atoms with Crippen LogP contribution in [0.25, 0.3) is 0 Å². The molecule has 1 unspecified atom stereocenters. The van der Waals surface area contributed by atoms with Gasteiger partial charge in [-0.1, -0.05) is 13.8 Å². The molecule has 0 bridgehead atoms. The van der Waals surface area contributed by atoms with Crippen molar-refractivity contribution < 1.29 is 0 Å². The van der Waals surface area contributed by atoms with Gasteiger partial charge in [0.15, 0.2) is 0 Å². The standard InChI is InChI=1S/C21H45N5/c1-19(2)18-21(5)22-6-7-23-8-10-24(11-9-23)12-13-25-14-16-26(17-15-25)20(3)4/h19-22H,6-18H2,1-5H3. The first kappa shape index (κ1) is 22.1. The highest BCUT2D eigenvalue weighted by Gasteiger charge is 2.21. The van der Waals surface area contributed by atoms with Crippen LogP contribution < -0.4 is 5.32 Å². The van der Waals surface area contributed by atoms with Gasteiger partial charge in [0.05, 0.1) is 0 Å². The lowest BCUT2D eigenvalue weighted by Gasteiger charge is -2.39. The molecule has 2 aliphatic heterocycles. The Morgan fingerprint density at radius 2 is 1.12 bits per heavy atom. The van der Waals surface area contributed by atoms with E-state index in [1.165, 1.54) is 78.4 Å². The average molecular weight is 368 g/mol. The summed E-state index contributed by atoms with van der Waals surface area (Å²) in [6.45, 7) is 26.3. The van der Waals surface area contributed by atoms with Gasteiger partial charge in [-0.15, -0.1) is 0 Å². The van der Waals surface area contributed by atoms with Crippen molar-refractivity contribution in [1.29, 1.82) is 0 Å². The second kappa shape index (κ2) is 11.6. The Labute approximate surface area is 163 Å². The monoisotopic (exact) mass is 367 g/mol. The second-order valence-corrected chi connectivity index (χ2v) is 9.14. The van der Waals surface area contributed by atoms with Gasteiger partial charge in [-0.25, -0.2) is 0 Å². The first-order valence-electron chi connectivity index (χ1n) is 11.1. The SMILES string of the molecule is CC(C)CC(C)NCCN1CCN(CCN2CCN(C(C)C)CC2)CC1. The molecule has 0 spiro atoms. The zero-order valence-electron chi connectivity index (χ0n) is 18.2. The van der Waals surface area contributed by atoms with Gasteiger partial charge >= 0.3 is 0 Å². The number of hydrogen-bond donors (Lipinski definition) is 1. The third kappa shape index (κ3) is 8.22. The Kier molecular flexibility index (Phi) is 9.86. The summed E-state index contributed by atoms with van der Waals surface area (Å²) in [6, 6.07) is 1.35. The van der Waals surface area contributed by atoms with E-state index < -0.39 is 0 Å². The predicted molar refractivity (Wildman–Crippen MR) is 113 cm³/mol. The van der Waals surface area contributed by atoms with Gasteiger partial charge in [0.2, 0.25) is 0 Å². The summed E-state index contributed by atoms with van der Waals surface area (Å²) in [5.74, 6) is 0.786. The molecule has 2 aliphatic rings. The van der Waals surface area contributed by atoms with Gasteiger partial charge in [-0.2, -0.15) is 0 Å². The smallest absolute Gasteiger partial charge is 0.0113 e. The number of piperazine rings is 2. The van der Waals surface area contributed by atoms with E-state index in [0.29, 0.717) is 12.1 Å². The van der Waals surface area contributed by atoms with Crippen LogP contribution in [0.3, 0.4) is 0 Å². The summed E-state index contributed by atoms with van der Waals surface area (Å²) in [7, 11) is 0. The lowest BCUT2D eigenvalue weighted by molar-refractivity contribution is 0.0838. The summed E-state index contributed by atoms with van der Waals surface area (Å²) in [5, 5.41) is 3.69. The van der Waals surface area contributed by atoms with E-state index in [4.69, 9.17) is 0 Å². The molecule has 0 saturated carbocycles. The molecule has 5 nitrogen and oxygen atoms in total. The molecule has 0 radical (unpaired) electrons. The number of hydrogen-bond acceptors (Lipinski definition) is 5. The fourth-order valence-corrected chi connectivity index (χ4v) is 4.28. The molecule has 0 aliphatic carbocycles. The van der Waals surface area contributed by atoms with Crippen molar-refractivity contribution in [2.45, 2.75) is 53.1 Å². The predicted octanol–water partition coefficient (Wildman–Crippen LogP) is 1.65. The molecule has 26 heavy (non-hydrogen) atoms. The fourth-order valence-electron chi connectivity index (χ4n) is 4.28. The van der Waals surface area contributed by atoms with Gasteiger partial charge in [0.1, 0.15) is 0 Å². The first-order chi connectivity index (χ1) is 12.4. The van der Waals surface area contributed by atoms with Gasteiger partial charge in [-0.3, -0.25) is 19.6 Å². The molecular formula is C21H45N5. The van der Waals surface area contributed by atoms with E-state index in [1.54, 1.807) is 0 Å². The molecule has 0 aromatic heterocycles. The van der Waals surface area contributed by atoms with Crippen molar-refractivity contribution >= 4 is 0 Å². The molecule has 2 heterocycles. The number of nitrogens with zero attached hydrogens (tertiary/aromatic N) is 4. The quantitative estimate of drug-likeness (QED) is 0.633. The van der Waals surface area contributed by atoms with Crippen molar-refractivity contribution in [2.75, 3.05) is 78.5 Å². The van der Waals surface area contributed by atoms with Crippen LogP contribution in [-0.2, 0) is 0 Å². The maximum Gasteiger partial charge on any atom is 0.0113 e. The van der Waals surface area contributed by atoms with Crippen LogP contribution in [0.15, 0.2) is 0 Å². The maximum absolute atomic E-state index is 3.69. The van der Waals surface area contributed by atoms with Crippen LogP contribution in [0.1, 0.15) is 41.0 Å². The maximum atomic E-state index is 3.69. The zero-order chi connectivity index (χ0) is 18.9. The minimum absolute atomic E-state index is 0.646. The van der Waals surface area contributed by atoms with Gasteiger partial charge in [0, 0.05) is 90.6 Å². The van der Waals surface area contributed by atoms with E-state index in [2.05, 4.69) is 59.5 Å². The fraction of sp³-hybridized carbons (Fsp3) is 1.00. The van der Waals surface area contributed by atoms with Gasteiger partial charge in [-0.05, 0) is 33.1 Å². The van der Waals surface area contributed by atoms with Crippen LogP contribution in [0, 0.1) is 5.92 Å². The Hall–Kier alpha value is -0.200. The van der Waals surface area contributed by atoms with Crippen LogP contribution >= 0.6 is 0 Å². The van der Waals surface area contributed by atoms with Crippen LogP contribution in [0.5, 0.6) is 0 Å². The number of rotatable bonds is 10. The summed E-state index contributed by atoms with van der Waals surface area (Å²) in [4.78, 5) is 10.6. The largest absolute Gasteiger partial charge is 0.313 e. The summed E-state index contributed by atoms with van der Waals surface area (Å²) >= 11 is 0. The number of nitrogens with one attached hydrogen (secondary N) is 1. The molecule has 0 aromatic rings. The zero-order valence-corrected chi connectivity index (χ0v) is 18.2. The Bertz CT molecular complexity index is 357. The van der Waals surface area contributed by atoms with Crippen molar-refractivity contribution in [1.82, 2.24) is 24.9 Å². The minimum atomic E-state index is 0.646. The van der Waals surface area contributed by atoms with E-state index in [-0.39, 0.29) is 0 Å². The summed E-state index contributed by atoms with van der Waals surface area (Å²) in [6.07, 6.45) is 1.28. The Morgan fingerprint density at radius 1 is 0.654 bits per heavy atom. The molecule has 154 valence electrons. The van der Waals surface area contributed by atoms with Crippen LogP contribution in [0.4, 0.5) is 0 Å². The molecule has 0 amide bonds. The first-order valence-corrected chi connectivity index (χ1v) is 11.1. The molecular weight excluding hydrogens is 322 g/mol. The van der Waals surface area contributed by atoms with Crippen molar-refractivity contribution in [2.24, 2.45) is 5.92 Å². The van der Waals surface area contributed by atoms with Crippen LogP contribution in [-0.4, -0.2) is 110 Å². The second-order valence-electron chi connectivity index (χ2n) is 9.14. The highest BCUT2D eigenvalue weighted by molar-refractivity contribution is 4.77. The van der Waals surface area contributed by atoms with E-state index in [0.717, 1.165) is 12.5 Å². The lowest BCUT2D eigenvalue weighted by atomic mass is 10.1. The third-order valence-electron chi connectivity index (χ3n) is 6.08. The topological polar surface area (TPSA) is 25.0 Å². The molecule has 1 atom stereocenters. The molecule has 5 heteroatoms. The highest BCUT2D eigenvalue weighted by Crippen LogP contribution is 2.07. The summed E-state index contributed by atoms with van der Waals surface area (Å²) in [5.41, 5.74) is 0. The van der Waals surface area contributed by atoms with Gasteiger partial charge < -0.3 is 5.32 Å².